The quantitative estimate of drug-likeness (QED) is 0.183. The topological polar surface area (TPSA) is 43.6 Å². The fourth-order valence-corrected chi connectivity index (χ4v) is 8.64. The first kappa shape index (κ1) is 29.5. The second kappa shape index (κ2) is 11.9. The molecule has 0 saturated carbocycles. The van der Waals surface area contributed by atoms with Crippen LogP contribution in [0.5, 0.6) is 0 Å². The van der Waals surface area contributed by atoms with Crippen LogP contribution in [0.4, 0.5) is 0 Å². The van der Waals surface area contributed by atoms with Crippen LogP contribution in [0, 0.1) is 0 Å². The fourth-order valence-electron chi connectivity index (χ4n) is 7.38. The van der Waals surface area contributed by atoms with Crippen molar-refractivity contribution < 1.29 is 0 Å². The third-order valence-electron chi connectivity index (χ3n) is 9.87. The van der Waals surface area contributed by atoms with Crippen molar-refractivity contribution in [2.75, 3.05) is 0 Å². The van der Waals surface area contributed by atoms with Crippen molar-refractivity contribution in [3.63, 3.8) is 0 Å². The molecule has 4 nitrogen and oxygen atoms in total. The summed E-state index contributed by atoms with van der Waals surface area (Å²) in [5.74, 6) is 1.97. The summed E-state index contributed by atoms with van der Waals surface area (Å²) in [6.07, 6.45) is 0. The molecule has 0 spiro atoms. The summed E-state index contributed by atoms with van der Waals surface area (Å²) >= 11 is 1.83. The Hall–Kier alpha value is -6.43. The standard InChI is InChI=1S/C46H30N4S/c1-50-39-22-12-11-20-35(39)42-36(21-13-23-40(42)50)46-48-44(31-18-9-4-10-19-31)47-45(49-46)32-24-25-34-38-27-33(29-14-5-2-6-15-29)26-37(30-16-7-3-8-17-30)43(38)51-41(34)28-32/h2-28H,1H3. The highest BCUT2D eigenvalue weighted by Gasteiger charge is 2.19. The molecular formula is C46H30N4S. The van der Waals surface area contributed by atoms with Crippen LogP contribution in [0.3, 0.4) is 0 Å². The van der Waals surface area contributed by atoms with Crippen molar-refractivity contribution >= 4 is 53.3 Å². The van der Waals surface area contributed by atoms with Gasteiger partial charge in [-0.1, -0.05) is 133 Å². The molecule has 0 radical (unpaired) electrons. The molecule has 0 fully saturated rings. The Morgan fingerprint density at radius 1 is 0.412 bits per heavy atom. The SMILES string of the molecule is Cn1c2ccccc2c2c(-c3nc(-c4ccccc4)nc(-c4ccc5c(c4)sc4c(-c6ccccc6)cc(-c6ccccc6)cc45)n3)cccc21. The normalized spacial score (nSPS) is 11.6. The van der Waals surface area contributed by atoms with Crippen LogP contribution in [0.1, 0.15) is 0 Å². The second-order valence-corrected chi connectivity index (χ2v) is 13.9. The van der Waals surface area contributed by atoms with E-state index in [1.807, 2.05) is 29.5 Å². The van der Waals surface area contributed by atoms with E-state index < -0.39 is 0 Å². The van der Waals surface area contributed by atoms with E-state index >= 15 is 0 Å². The minimum Gasteiger partial charge on any atom is -0.344 e. The van der Waals surface area contributed by atoms with Gasteiger partial charge in [-0.15, -0.1) is 11.3 Å². The summed E-state index contributed by atoms with van der Waals surface area (Å²) in [5, 5.41) is 4.82. The maximum Gasteiger partial charge on any atom is 0.164 e. The number of aromatic nitrogens is 4. The van der Waals surface area contributed by atoms with Gasteiger partial charge in [-0.2, -0.15) is 0 Å². The zero-order chi connectivity index (χ0) is 33.9. The van der Waals surface area contributed by atoms with Gasteiger partial charge in [-0.05, 0) is 47.0 Å². The van der Waals surface area contributed by atoms with Crippen molar-refractivity contribution in [1.29, 1.82) is 0 Å². The van der Waals surface area contributed by atoms with Crippen molar-refractivity contribution in [2.45, 2.75) is 0 Å². The molecule has 0 aliphatic carbocycles. The minimum atomic E-state index is 0.656. The Labute approximate surface area is 299 Å². The van der Waals surface area contributed by atoms with E-state index in [0.29, 0.717) is 17.5 Å². The maximum atomic E-state index is 5.22. The van der Waals surface area contributed by atoms with Crippen molar-refractivity contribution in [3.8, 4) is 56.4 Å². The Morgan fingerprint density at radius 3 is 1.80 bits per heavy atom. The van der Waals surface area contributed by atoms with Crippen molar-refractivity contribution in [1.82, 2.24) is 19.5 Å². The monoisotopic (exact) mass is 670 g/mol. The lowest BCUT2D eigenvalue weighted by molar-refractivity contribution is 1.01. The molecule has 0 saturated heterocycles. The molecule has 0 atom stereocenters. The van der Waals surface area contributed by atoms with E-state index in [4.69, 9.17) is 15.0 Å². The molecular weight excluding hydrogens is 641 g/mol. The lowest BCUT2D eigenvalue weighted by atomic mass is 9.96. The molecule has 0 amide bonds. The molecule has 7 aromatic carbocycles. The van der Waals surface area contributed by atoms with Crippen LogP contribution in [-0.2, 0) is 7.05 Å². The van der Waals surface area contributed by atoms with Gasteiger partial charge >= 0.3 is 0 Å². The smallest absolute Gasteiger partial charge is 0.164 e. The van der Waals surface area contributed by atoms with E-state index in [1.165, 1.54) is 53.3 Å². The number of rotatable bonds is 5. The molecule has 0 aliphatic heterocycles. The highest BCUT2D eigenvalue weighted by Crippen LogP contribution is 2.44. The summed E-state index contributed by atoms with van der Waals surface area (Å²) in [4.78, 5) is 15.4. The van der Waals surface area contributed by atoms with E-state index in [1.54, 1.807) is 0 Å². The number of benzene rings is 7. The van der Waals surface area contributed by atoms with Crippen molar-refractivity contribution in [3.05, 3.63) is 164 Å². The molecule has 0 N–H and O–H groups in total. The van der Waals surface area contributed by atoms with Crippen LogP contribution in [0.15, 0.2) is 164 Å². The third kappa shape index (κ3) is 4.93. The average molecular weight is 671 g/mol. The number of hydrogen-bond donors (Lipinski definition) is 0. The highest BCUT2D eigenvalue weighted by atomic mass is 32.1. The van der Waals surface area contributed by atoms with E-state index in [9.17, 15) is 0 Å². The molecule has 10 aromatic rings. The molecule has 3 aromatic heterocycles. The molecule has 51 heavy (non-hydrogen) atoms. The molecule has 240 valence electrons. The minimum absolute atomic E-state index is 0.656. The fraction of sp³-hybridized carbons (Fsp3) is 0.0217. The van der Waals surface area contributed by atoms with Gasteiger partial charge in [0.25, 0.3) is 0 Å². The molecule has 10 rings (SSSR count). The summed E-state index contributed by atoms with van der Waals surface area (Å²) in [6.45, 7) is 0. The zero-order valence-corrected chi connectivity index (χ0v) is 28.6. The van der Waals surface area contributed by atoms with Gasteiger partial charge in [0, 0.05) is 71.3 Å². The summed E-state index contributed by atoms with van der Waals surface area (Å²) in [5.41, 5.74) is 10.1. The van der Waals surface area contributed by atoms with Crippen LogP contribution in [-0.4, -0.2) is 19.5 Å². The molecule has 0 unspecified atom stereocenters. The predicted molar refractivity (Wildman–Crippen MR) is 214 cm³/mol. The third-order valence-corrected chi connectivity index (χ3v) is 11.1. The van der Waals surface area contributed by atoms with Crippen LogP contribution >= 0.6 is 11.3 Å². The maximum absolute atomic E-state index is 5.22. The van der Waals surface area contributed by atoms with E-state index in [-0.39, 0.29) is 0 Å². The first-order valence-electron chi connectivity index (χ1n) is 17.1. The van der Waals surface area contributed by atoms with E-state index in [0.717, 1.165) is 27.6 Å². The Kier molecular flexibility index (Phi) is 6.86. The lowest BCUT2D eigenvalue weighted by Gasteiger charge is -2.10. The molecule has 0 bridgehead atoms. The number of para-hydroxylation sites is 1. The molecule has 3 heterocycles. The Morgan fingerprint density at radius 2 is 1.04 bits per heavy atom. The Bertz CT molecular complexity index is 2910. The summed E-state index contributed by atoms with van der Waals surface area (Å²) in [7, 11) is 2.12. The van der Waals surface area contributed by atoms with Gasteiger partial charge in [-0.3, -0.25) is 0 Å². The summed E-state index contributed by atoms with van der Waals surface area (Å²) < 4.78 is 4.72. The van der Waals surface area contributed by atoms with Crippen LogP contribution in [0.2, 0.25) is 0 Å². The summed E-state index contributed by atoms with van der Waals surface area (Å²) in [6, 6.07) is 57.8. The number of aryl methyl sites for hydroxylation is 1. The number of thiophene rings is 1. The van der Waals surface area contributed by atoms with Gasteiger partial charge in [0.2, 0.25) is 0 Å². The Balaban J connectivity index is 1.19. The second-order valence-electron chi connectivity index (χ2n) is 12.9. The average Bonchev–Trinajstić information content (AvgIpc) is 3.72. The van der Waals surface area contributed by atoms with Crippen LogP contribution in [0.25, 0.3) is 98.4 Å². The van der Waals surface area contributed by atoms with Gasteiger partial charge < -0.3 is 4.57 Å². The van der Waals surface area contributed by atoms with Gasteiger partial charge in [0.1, 0.15) is 0 Å². The predicted octanol–water partition coefficient (Wildman–Crippen LogP) is 12.2. The van der Waals surface area contributed by atoms with Gasteiger partial charge in [0.05, 0.1) is 0 Å². The first-order valence-corrected chi connectivity index (χ1v) is 17.9. The zero-order valence-electron chi connectivity index (χ0n) is 27.8. The first-order chi connectivity index (χ1) is 25.2. The van der Waals surface area contributed by atoms with E-state index in [2.05, 4.69) is 157 Å². The van der Waals surface area contributed by atoms with Gasteiger partial charge in [-0.25, -0.2) is 15.0 Å². The van der Waals surface area contributed by atoms with Crippen molar-refractivity contribution in [2.24, 2.45) is 7.05 Å². The van der Waals surface area contributed by atoms with Gasteiger partial charge in [0.15, 0.2) is 17.5 Å². The van der Waals surface area contributed by atoms with Crippen LogP contribution < -0.4 is 0 Å². The molecule has 5 heteroatoms. The molecule has 0 aliphatic rings. The number of nitrogens with zero attached hydrogens (tertiary/aromatic N) is 4. The lowest BCUT2D eigenvalue weighted by Crippen LogP contribution is -2.00. The highest BCUT2D eigenvalue weighted by molar-refractivity contribution is 7.26. The number of hydrogen-bond acceptors (Lipinski definition) is 4. The number of fused-ring (bicyclic) bond motifs is 6. The largest absolute Gasteiger partial charge is 0.344 e.